The highest BCUT2D eigenvalue weighted by molar-refractivity contribution is 6.16. The lowest BCUT2D eigenvalue weighted by atomic mass is 10.0. The van der Waals surface area contributed by atoms with Crippen molar-refractivity contribution in [2.75, 3.05) is 0 Å². The Morgan fingerprint density at radius 3 is 2.74 bits per heavy atom. The molecule has 2 rings (SSSR count). The number of rotatable bonds is 5. The van der Waals surface area contributed by atoms with Gasteiger partial charge in [-0.15, -0.1) is 0 Å². The van der Waals surface area contributed by atoms with Crippen LogP contribution in [0.5, 0.6) is 0 Å². The molecule has 1 aromatic heterocycles. The van der Waals surface area contributed by atoms with Crippen molar-refractivity contribution in [2.45, 2.75) is 33.2 Å². The maximum atomic E-state index is 11.1. The molecule has 0 fully saturated rings. The molecular weight excluding hydrogens is 290 g/mol. The summed E-state index contributed by atoms with van der Waals surface area (Å²) in [7, 11) is 0. The Bertz CT molecular complexity index is 790. The Morgan fingerprint density at radius 1 is 1.39 bits per heavy atom. The summed E-state index contributed by atoms with van der Waals surface area (Å²) < 4.78 is 0. The van der Waals surface area contributed by atoms with E-state index in [-0.39, 0.29) is 11.7 Å². The molecule has 5 nitrogen and oxygen atoms in total. The molecule has 3 N–H and O–H groups in total. The van der Waals surface area contributed by atoms with Gasteiger partial charge in [-0.1, -0.05) is 19.1 Å². The SMILES string of the molecule is CCC(C)N=C(/C=C(\C)N)c1cccc2nc(C(=O)O)ccc12. The van der Waals surface area contributed by atoms with Gasteiger partial charge < -0.3 is 10.8 Å². The van der Waals surface area contributed by atoms with Gasteiger partial charge in [0.05, 0.1) is 11.2 Å². The van der Waals surface area contributed by atoms with Gasteiger partial charge in [-0.2, -0.15) is 0 Å². The normalized spacial score (nSPS) is 14.0. The summed E-state index contributed by atoms with van der Waals surface area (Å²) in [6.45, 7) is 5.94. The van der Waals surface area contributed by atoms with Gasteiger partial charge in [0.1, 0.15) is 5.69 Å². The van der Waals surface area contributed by atoms with Gasteiger partial charge in [0.2, 0.25) is 0 Å². The average molecular weight is 311 g/mol. The minimum Gasteiger partial charge on any atom is -0.477 e. The molecule has 0 aliphatic carbocycles. The van der Waals surface area contributed by atoms with Gasteiger partial charge in [0.15, 0.2) is 0 Å². The third kappa shape index (κ3) is 3.94. The second kappa shape index (κ2) is 7.05. The first-order valence-corrected chi connectivity index (χ1v) is 7.57. The number of fused-ring (bicyclic) bond motifs is 1. The number of allylic oxidation sites excluding steroid dienone is 2. The van der Waals surface area contributed by atoms with E-state index in [0.29, 0.717) is 11.2 Å². The summed E-state index contributed by atoms with van der Waals surface area (Å²) in [6, 6.07) is 9.04. The first-order chi connectivity index (χ1) is 10.9. The van der Waals surface area contributed by atoms with E-state index in [4.69, 9.17) is 15.8 Å². The molecule has 2 aromatic rings. The topological polar surface area (TPSA) is 88.6 Å². The second-order valence-corrected chi connectivity index (χ2v) is 5.53. The molecule has 1 atom stereocenters. The first-order valence-electron chi connectivity index (χ1n) is 7.57. The zero-order chi connectivity index (χ0) is 17.0. The van der Waals surface area contributed by atoms with E-state index >= 15 is 0 Å². The molecule has 0 spiro atoms. The Morgan fingerprint density at radius 2 is 2.13 bits per heavy atom. The van der Waals surface area contributed by atoms with Crippen LogP contribution in [0, 0.1) is 0 Å². The molecule has 0 bridgehead atoms. The summed E-state index contributed by atoms with van der Waals surface area (Å²) >= 11 is 0. The number of hydrogen-bond donors (Lipinski definition) is 2. The van der Waals surface area contributed by atoms with Crippen molar-refractivity contribution in [2.24, 2.45) is 10.7 Å². The number of aromatic nitrogens is 1. The van der Waals surface area contributed by atoms with Crippen molar-refractivity contribution in [1.29, 1.82) is 0 Å². The lowest BCUT2D eigenvalue weighted by molar-refractivity contribution is 0.0691. The summed E-state index contributed by atoms with van der Waals surface area (Å²) in [6.07, 6.45) is 2.76. The standard InChI is InChI=1S/C18H21N3O2/c1-4-12(3)20-17(10-11(2)19)13-6-5-7-15-14(13)8-9-16(21-15)18(22)23/h5-10,12H,4,19H2,1-3H3,(H,22,23)/b11-10+,20-17?. The maximum Gasteiger partial charge on any atom is 0.354 e. The number of aliphatic imine (C=N–C) groups is 1. The number of carboxylic acid groups (broad SMARTS) is 1. The van der Waals surface area contributed by atoms with Crippen molar-refractivity contribution in [3.63, 3.8) is 0 Å². The van der Waals surface area contributed by atoms with Crippen LogP contribution in [-0.2, 0) is 0 Å². The predicted molar refractivity (Wildman–Crippen MR) is 92.9 cm³/mol. The number of hydrogen-bond acceptors (Lipinski definition) is 4. The monoisotopic (exact) mass is 311 g/mol. The summed E-state index contributed by atoms with van der Waals surface area (Å²) in [4.78, 5) is 20.0. The van der Waals surface area contributed by atoms with Gasteiger partial charge in [-0.05, 0) is 44.5 Å². The van der Waals surface area contributed by atoms with Gasteiger partial charge in [-0.25, -0.2) is 9.78 Å². The van der Waals surface area contributed by atoms with Crippen molar-refractivity contribution >= 4 is 22.6 Å². The summed E-state index contributed by atoms with van der Waals surface area (Å²) in [5, 5.41) is 9.94. The third-order valence-corrected chi connectivity index (χ3v) is 3.54. The molecular formula is C18H21N3O2. The minimum atomic E-state index is -1.04. The molecule has 1 unspecified atom stereocenters. The Kier molecular flexibility index (Phi) is 5.11. The minimum absolute atomic E-state index is 0.0283. The van der Waals surface area contributed by atoms with E-state index in [1.165, 1.54) is 6.07 Å². The van der Waals surface area contributed by atoms with Crippen LogP contribution in [0.2, 0.25) is 0 Å². The van der Waals surface area contributed by atoms with Crippen LogP contribution in [0.3, 0.4) is 0 Å². The highest BCUT2D eigenvalue weighted by Crippen LogP contribution is 2.20. The molecule has 0 saturated carbocycles. The van der Waals surface area contributed by atoms with Gasteiger partial charge in [-0.3, -0.25) is 4.99 Å². The Balaban J connectivity index is 2.66. The molecule has 1 aromatic carbocycles. The lowest BCUT2D eigenvalue weighted by Crippen LogP contribution is -2.08. The maximum absolute atomic E-state index is 11.1. The molecule has 0 radical (unpaired) electrons. The number of aromatic carboxylic acids is 1. The van der Waals surface area contributed by atoms with Crippen molar-refractivity contribution in [1.82, 2.24) is 4.98 Å². The van der Waals surface area contributed by atoms with Crippen LogP contribution in [0.15, 0.2) is 47.1 Å². The molecule has 5 heteroatoms. The molecule has 0 aliphatic heterocycles. The van der Waals surface area contributed by atoms with E-state index in [2.05, 4.69) is 11.9 Å². The second-order valence-electron chi connectivity index (χ2n) is 5.53. The van der Waals surface area contributed by atoms with Crippen molar-refractivity contribution < 1.29 is 9.90 Å². The lowest BCUT2D eigenvalue weighted by Gasteiger charge is -2.10. The predicted octanol–water partition coefficient (Wildman–Crippen LogP) is 3.38. The van der Waals surface area contributed by atoms with Crippen LogP contribution >= 0.6 is 0 Å². The van der Waals surface area contributed by atoms with Crippen LogP contribution in [0.1, 0.15) is 43.2 Å². The third-order valence-electron chi connectivity index (χ3n) is 3.54. The number of nitrogens with two attached hydrogens (primary N) is 1. The molecule has 0 amide bonds. The fraction of sp³-hybridized carbons (Fsp3) is 0.278. The molecule has 0 saturated heterocycles. The fourth-order valence-electron chi connectivity index (χ4n) is 2.23. The molecule has 120 valence electrons. The largest absolute Gasteiger partial charge is 0.477 e. The van der Waals surface area contributed by atoms with Crippen molar-refractivity contribution in [3.05, 3.63) is 53.4 Å². The van der Waals surface area contributed by atoms with Gasteiger partial charge in [0, 0.05) is 22.7 Å². The zero-order valence-electron chi connectivity index (χ0n) is 13.6. The van der Waals surface area contributed by atoms with Gasteiger partial charge in [0.25, 0.3) is 0 Å². The van der Waals surface area contributed by atoms with E-state index < -0.39 is 5.97 Å². The van der Waals surface area contributed by atoms with Gasteiger partial charge >= 0.3 is 5.97 Å². The Labute approximate surface area is 135 Å². The first kappa shape index (κ1) is 16.7. The smallest absolute Gasteiger partial charge is 0.354 e. The molecule has 0 aliphatic rings. The van der Waals surface area contributed by atoms with Crippen molar-refractivity contribution in [3.8, 4) is 0 Å². The number of carbonyl (C=O) groups is 1. The average Bonchev–Trinajstić information content (AvgIpc) is 2.52. The highest BCUT2D eigenvalue weighted by atomic mass is 16.4. The van der Waals surface area contributed by atoms with Crippen LogP contribution in [-0.4, -0.2) is 27.8 Å². The number of nitrogens with zero attached hydrogens (tertiary/aromatic N) is 2. The fourth-order valence-corrected chi connectivity index (χ4v) is 2.23. The summed E-state index contributed by atoms with van der Waals surface area (Å²) in [5.41, 5.74) is 8.85. The van der Waals surface area contributed by atoms with E-state index in [0.717, 1.165) is 23.1 Å². The number of carboxylic acids is 1. The van der Waals surface area contributed by atoms with Crippen LogP contribution in [0.25, 0.3) is 10.9 Å². The zero-order valence-corrected chi connectivity index (χ0v) is 13.6. The molecule has 23 heavy (non-hydrogen) atoms. The highest BCUT2D eigenvalue weighted by Gasteiger charge is 2.11. The number of benzene rings is 1. The van der Waals surface area contributed by atoms with E-state index in [1.54, 1.807) is 12.1 Å². The quantitative estimate of drug-likeness (QED) is 0.828. The molecule has 1 heterocycles. The summed E-state index contributed by atoms with van der Waals surface area (Å²) in [5.74, 6) is -1.04. The van der Waals surface area contributed by atoms with E-state index in [9.17, 15) is 4.79 Å². The Hall–Kier alpha value is -2.69. The van der Waals surface area contributed by atoms with Crippen LogP contribution in [0.4, 0.5) is 0 Å². The van der Waals surface area contributed by atoms with E-state index in [1.807, 2.05) is 32.1 Å². The number of pyridine rings is 1. The van der Waals surface area contributed by atoms with Crippen LogP contribution < -0.4 is 5.73 Å².